The molecule has 0 bridgehead atoms. The van der Waals surface area contributed by atoms with E-state index in [1.807, 2.05) is 5.38 Å². The molecule has 0 saturated carbocycles. The zero-order valence-electron chi connectivity index (χ0n) is 17.3. The monoisotopic (exact) mass is 470 g/mol. The molecule has 3 heterocycles. The number of nitrogens with zero attached hydrogens (tertiary/aromatic N) is 2. The molecule has 1 atom stereocenters. The number of ketones is 1. The number of amides is 1. The minimum Gasteiger partial charge on any atom is -0.507 e. The molecular formula is C22H18N2O6S2. The number of aromatic nitrogens is 1. The minimum absolute atomic E-state index is 0.0572. The number of hydrogen-bond acceptors (Lipinski definition) is 9. The molecule has 1 fully saturated rings. The maximum Gasteiger partial charge on any atom is 0.350 e. The molecule has 10 heteroatoms. The number of aliphatic hydroxyl groups excluding tert-OH is 1. The Balaban J connectivity index is 1.90. The van der Waals surface area contributed by atoms with Crippen LogP contribution < -0.4 is 9.64 Å². The molecule has 1 amide bonds. The molecule has 0 radical (unpaired) electrons. The van der Waals surface area contributed by atoms with Crippen molar-refractivity contribution in [3.63, 3.8) is 0 Å². The standard InChI is InChI=1S/C22H18N2O6S2/c1-11-19(21(28)30-3)32-22(23-11)24-16(14-8-5-9-31-14)15(18(26)20(24)27)17(25)12-6-4-7-13(10-12)29-2/h4-10,16,25H,1-3H3/t16-/m1/s1. The van der Waals surface area contributed by atoms with Gasteiger partial charge in [0.1, 0.15) is 22.4 Å². The summed E-state index contributed by atoms with van der Waals surface area (Å²) in [6.45, 7) is 1.62. The van der Waals surface area contributed by atoms with E-state index < -0.39 is 23.7 Å². The second-order valence-electron chi connectivity index (χ2n) is 6.82. The summed E-state index contributed by atoms with van der Waals surface area (Å²) in [4.78, 5) is 44.7. The van der Waals surface area contributed by atoms with Crippen molar-refractivity contribution < 1.29 is 29.0 Å². The zero-order valence-corrected chi connectivity index (χ0v) is 19.0. The van der Waals surface area contributed by atoms with Crippen LogP contribution in [-0.2, 0) is 14.3 Å². The van der Waals surface area contributed by atoms with Gasteiger partial charge in [-0.3, -0.25) is 14.5 Å². The number of rotatable bonds is 5. The molecule has 4 rings (SSSR count). The van der Waals surface area contributed by atoms with E-state index in [2.05, 4.69) is 4.98 Å². The number of carbonyl (C=O) groups excluding carboxylic acids is 3. The number of anilines is 1. The molecule has 1 aromatic carbocycles. The number of hydrogen-bond donors (Lipinski definition) is 1. The Morgan fingerprint density at radius 1 is 1.19 bits per heavy atom. The average molecular weight is 471 g/mol. The van der Waals surface area contributed by atoms with Gasteiger partial charge in [0.05, 0.1) is 25.5 Å². The number of thiophene rings is 1. The van der Waals surface area contributed by atoms with Crippen LogP contribution in [0.4, 0.5) is 5.13 Å². The van der Waals surface area contributed by atoms with Crippen LogP contribution in [0.3, 0.4) is 0 Å². The molecule has 1 N–H and O–H groups in total. The molecule has 2 aromatic heterocycles. The van der Waals surface area contributed by atoms with Gasteiger partial charge in [-0.15, -0.1) is 11.3 Å². The molecular weight excluding hydrogens is 452 g/mol. The smallest absolute Gasteiger partial charge is 0.350 e. The highest BCUT2D eigenvalue weighted by molar-refractivity contribution is 7.18. The largest absolute Gasteiger partial charge is 0.507 e. The molecule has 0 unspecified atom stereocenters. The number of Topliss-reactive ketones (excluding diaryl/α,β-unsaturated/α-hetero) is 1. The van der Waals surface area contributed by atoms with E-state index >= 15 is 0 Å². The first-order chi connectivity index (χ1) is 15.4. The summed E-state index contributed by atoms with van der Waals surface area (Å²) in [5, 5.41) is 13.1. The summed E-state index contributed by atoms with van der Waals surface area (Å²) in [6.07, 6.45) is 0. The molecule has 3 aromatic rings. The van der Waals surface area contributed by atoms with Gasteiger partial charge in [-0.25, -0.2) is 9.78 Å². The number of ether oxygens (including phenoxy) is 2. The third kappa shape index (κ3) is 3.57. The lowest BCUT2D eigenvalue weighted by atomic mass is 10.00. The van der Waals surface area contributed by atoms with Crippen molar-refractivity contribution in [3.8, 4) is 5.75 Å². The number of aliphatic hydroxyl groups is 1. The van der Waals surface area contributed by atoms with Crippen molar-refractivity contribution in [2.24, 2.45) is 0 Å². The number of aryl methyl sites for hydroxylation is 1. The molecule has 1 saturated heterocycles. The van der Waals surface area contributed by atoms with Crippen LogP contribution in [0.2, 0.25) is 0 Å². The first-order valence-electron chi connectivity index (χ1n) is 9.42. The maximum absolute atomic E-state index is 13.1. The van der Waals surface area contributed by atoms with Gasteiger partial charge in [0.2, 0.25) is 0 Å². The first kappa shape index (κ1) is 21.7. The molecule has 8 nitrogen and oxygen atoms in total. The van der Waals surface area contributed by atoms with Crippen molar-refractivity contribution in [1.82, 2.24) is 4.98 Å². The Kier molecular flexibility index (Phi) is 5.81. The Bertz CT molecular complexity index is 1250. The van der Waals surface area contributed by atoms with E-state index in [4.69, 9.17) is 9.47 Å². The molecule has 0 spiro atoms. The lowest BCUT2D eigenvalue weighted by Gasteiger charge is -2.21. The quantitative estimate of drug-likeness (QED) is 0.261. The number of methoxy groups -OCH3 is 2. The molecule has 164 valence electrons. The summed E-state index contributed by atoms with van der Waals surface area (Å²) in [6, 6.07) is 9.26. The van der Waals surface area contributed by atoms with Crippen molar-refractivity contribution in [3.05, 3.63) is 68.4 Å². The summed E-state index contributed by atoms with van der Waals surface area (Å²) in [5.41, 5.74) is 0.670. The molecule has 1 aliphatic rings. The zero-order chi connectivity index (χ0) is 23.0. The van der Waals surface area contributed by atoms with E-state index in [1.54, 1.807) is 43.3 Å². The number of esters is 1. The fourth-order valence-electron chi connectivity index (χ4n) is 3.44. The van der Waals surface area contributed by atoms with Crippen molar-refractivity contribution >= 4 is 51.2 Å². The van der Waals surface area contributed by atoms with Gasteiger partial charge in [-0.1, -0.05) is 29.5 Å². The molecule has 0 aliphatic carbocycles. The Morgan fingerprint density at radius 3 is 2.62 bits per heavy atom. The van der Waals surface area contributed by atoms with E-state index in [0.717, 1.165) is 11.3 Å². The summed E-state index contributed by atoms with van der Waals surface area (Å²) in [5.74, 6) is -2.07. The number of thiazole rings is 1. The summed E-state index contributed by atoms with van der Waals surface area (Å²) >= 11 is 2.30. The highest BCUT2D eigenvalue weighted by Gasteiger charge is 2.48. The van der Waals surface area contributed by atoms with E-state index in [-0.39, 0.29) is 21.3 Å². The van der Waals surface area contributed by atoms with Crippen molar-refractivity contribution in [1.29, 1.82) is 0 Å². The SMILES string of the molecule is COC(=O)c1sc(N2C(=O)C(=O)C(=C(O)c3cccc(OC)c3)[C@H]2c2cccs2)nc1C. The lowest BCUT2D eigenvalue weighted by molar-refractivity contribution is -0.132. The van der Waals surface area contributed by atoms with Crippen LogP contribution in [0.1, 0.15) is 31.8 Å². The summed E-state index contributed by atoms with van der Waals surface area (Å²) < 4.78 is 9.99. The van der Waals surface area contributed by atoms with Crippen molar-refractivity contribution in [2.75, 3.05) is 19.1 Å². The molecule has 1 aliphatic heterocycles. The third-order valence-corrected chi connectivity index (χ3v) is 7.02. The van der Waals surface area contributed by atoms with E-state index in [9.17, 15) is 19.5 Å². The second-order valence-corrected chi connectivity index (χ2v) is 8.78. The molecule has 32 heavy (non-hydrogen) atoms. The van der Waals surface area contributed by atoms with Gasteiger partial charge in [0, 0.05) is 10.4 Å². The highest BCUT2D eigenvalue weighted by atomic mass is 32.1. The van der Waals surface area contributed by atoms with Crippen LogP contribution in [0.15, 0.2) is 47.4 Å². The fourth-order valence-corrected chi connectivity index (χ4v) is 5.27. The topological polar surface area (TPSA) is 106 Å². The van der Waals surface area contributed by atoms with Crippen molar-refractivity contribution in [2.45, 2.75) is 13.0 Å². The fraction of sp³-hybridized carbons (Fsp3) is 0.182. The lowest BCUT2D eigenvalue weighted by Crippen LogP contribution is -2.29. The predicted molar refractivity (Wildman–Crippen MR) is 120 cm³/mol. The van der Waals surface area contributed by atoms with Gasteiger partial charge >= 0.3 is 11.9 Å². The van der Waals surface area contributed by atoms with Gasteiger partial charge < -0.3 is 14.6 Å². The van der Waals surface area contributed by atoms with Crippen LogP contribution >= 0.6 is 22.7 Å². The van der Waals surface area contributed by atoms with Gasteiger partial charge in [0.25, 0.3) is 5.78 Å². The normalized spacial score (nSPS) is 17.6. The van der Waals surface area contributed by atoms with Gasteiger partial charge in [0.15, 0.2) is 5.13 Å². The highest BCUT2D eigenvalue weighted by Crippen LogP contribution is 2.45. The number of benzene rings is 1. The summed E-state index contributed by atoms with van der Waals surface area (Å²) in [7, 11) is 2.75. The predicted octanol–water partition coefficient (Wildman–Crippen LogP) is 3.93. The van der Waals surface area contributed by atoms with Crippen LogP contribution in [0.25, 0.3) is 5.76 Å². The maximum atomic E-state index is 13.1. The third-order valence-electron chi connectivity index (χ3n) is 4.96. The first-order valence-corrected chi connectivity index (χ1v) is 11.1. The number of carbonyl (C=O) groups is 3. The van der Waals surface area contributed by atoms with Gasteiger partial charge in [-0.2, -0.15) is 0 Å². The van der Waals surface area contributed by atoms with Crippen LogP contribution in [0, 0.1) is 6.92 Å². The van der Waals surface area contributed by atoms with E-state index in [1.165, 1.54) is 30.5 Å². The Morgan fingerprint density at radius 2 is 1.97 bits per heavy atom. The Labute approximate surface area is 191 Å². The van der Waals surface area contributed by atoms with Crippen LogP contribution in [-0.4, -0.2) is 42.0 Å². The van der Waals surface area contributed by atoms with Gasteiger partial charge in [-0.05, 0) is 30.5 Å². The minimum atomic E-state index is -0.891. The second kappa shape index (κ2) is 8.56. The average Bonchev–Trinajstić information content (AvgIpc) is 3.52. The Hall–Kier alpha value is -3.50. The van der Waals surface area contributed by atoms with Crippen LogP contribution in [0.5, 0.6) is 5.75 Å². The van der Waals surface area contributed by atoms with E-state index in [0.29, 0.717) is 21.9 Å².